The van der Waals surface area contributed by atoms with Crippen LogP contribution in [0.15, 0.2) is 5.29 Å². The number of carbonyl (C=O) groups is 1. The molecule has 72 valence electrons. The molecule has 2 rings (SSSR count). The predicted molar refractivity (Wildman–Crippen MR) is 47.6 cm³/mol. The second kappa shape index (κ2) is 3.44. The fourth-order valence-corrected chi connectivity index (χ4v) is 2.55. The van der Waals surface area contributed by atoms with Gasteiger partial charge in [0.05, 0.1) is 5.29 Å². The van der Waals surface area contributed by atoms with Crippen LogP contribution in [0.2, 0.25) is 0 Å². The highest BCUT2D eigenvalue weighted by molar-refractivity contribution is 5.79. The van der Waals surface area contributed by atoms with Gasteiger partial charge in [0.2, 0.25) is 5.91 Å². The lowest BCUT2D eigenvalue weighted by Gasteiger charge is -2.36. The molecule has 4 heteroatoms. The van der Waals surface area contributed by atoms with Gasteiger partial charge < -0.3 is 0 Å². The molecule has 0 aromatic carbocycles. The van der Waals surface area contributed by atoms with Gasteiger partial charge in [0, 0.05) is 12.5 Å². The zero-order chi connectivity index (χ0) is 9.26. The maximum atomic E-state index is 11.6. The van der Waals surface area contributed by atoms with Crippen molar-refractivity contribution in [2.45, 2.75) is 32.1 Å². The molecule has 2 unspecified atom stereocenters. The van der Waals surface area contributed by atoms with Crippen LogP contribution in [-0.2, 0) is 4.79 Å². The van der Waals surface area contributed by atoms with Crippen molar-refractivity contribution in [1.29, 1.82) is 0 Å². The van der Waals surface area contributed by atoms with Gasteiger partial charge in [-0.05, 0) is 25.2 Å². The first-order valence-electron chi connectivity index (χ1n) is 4.97. The van der Waals surface area contributed by atoms with E-state index in [0.29, 0.717) is 12.5 Å². The molecule has 0 spiro atoms. The van der Waals surface area contributed by atoms with Crippen LogP contribution in [0.1, 0.15) is 32.1 Å². The predicted octanol–water partition coefficient (Wildman–Crippen LogP) is 1.71. The summed E-state index contributed by atoms with van der Waals surface area (Å²) in [5.74, 6) is 0.588. The van der Waals surface area contributed by atoms with Crippen molar-refractivity contribution in [1.82, 2.24) is 5.01 Å². The van der Waals surface area contributed by atoms with E-state index in [1.54, 1.807) is 0 Å². The van der Waals surface area contributed by atoms with Crippen LogP contribution in [0, 0.1) is 16.7 Å². The number of nitrogens with zero attached hydrogens (tertiary/aromatic N) is 2. The maximum Gasteiger partial charge on any atom is 0.248 e. The normalized spacial score (nSPS) is 34.2. The largest absolute Gasteiger partial charge is 0.273 e. The zero-order valence-electron chi connectivity index (χ0n) is 7.61. The van der Waals surface area contributed by atoms with Crippen LogP contribution in [0.3, 0.4) is 0 Å². The molecule has 0 aromatic rings. The minimum atomic E-state index is -0.0362. The lowest BCUT2D eigenvalue weighted by atomic mass is 9.75. The fraction of sp³-hybridized carbons (Fsp3) is 0.889. The van der Waals surface area contributed by atoms with Gasteiger partial charge in [-0.15, -0.1) is 4.91 Å². The number of amides is 1. The Kier molecular flexibility index (Phi) is 2.29. The molecule has 13 heavy (non-hydrogen) atoms. The van der Waals surface area contributed by atoms with Crippen molar-refractivity contribution in [3.05, 3.63) is 4.91 Å². The monoisotopic (exact) mass is 182 g/mol. The second-order valence-electron chi connectivity index (χ2n) is 3.98. The minimum absolute atomic E-state index is 0.0362. The summed E-state index contributed by atoms with van der Waals surface area (Å²) in [6.45, 7) is 0.531. The Bertz CT molecular complexity index is 230. The van der Waals surface area contributed by atoms with E-state index in [-0.39, 0.29) is 11.8 Å². The molecular formula is C9H14N2O2. The third-order valence-electron chi connectivity index (χ3n) is 3.29. The molecule has 2 fully saturated rings. The van der Waals surface area contributed by atoms with Gasteiger partial charge in [-0.1, -0.05) is 12.8 Å². The van der Waals surface area contributed by atoms with Crippen LogP contribution in [0.5, 0.6) is 0 Å². The summed E-state index contributed by atoms with van der Waals surface area (Å²) in [4.78, 5) is 21.9. The van der Waals surface area contributed by atoms with Crippen LogP contribution >= 0.6 is 0 Å². The number of rotatable bonds is 1. The third kappa shape index (κ3) is 1.45. The van der Waals surface area contributed by atoms with Gasteiger partial charge in [0.25, 0.3) is 0 Å². The molecule has 1 heterocycles. The highest BCUT2D eigenvalue weighted by atomic mass is 16.3. The van der Waals surface area contributed by atoms with Crippen molar-refractivity contribution < 1.29 is 4.79 Å². The number of piperidine rings is 1. The van der Waals surface area contributed by atoms with E-state index in [2.05, 4.69) is 5.29 Å². The van der Waals surface area contributed by atoms with Crippen molar-refractivity contribution >= 4 is 5.91 Å². The van der Waals surface area contributed by atoms with Crippen LogP contribution in [0.25, 0.3) is 0 Å². The average Bonchev–Trinajstić information content (AvgIpc) is 2.19. The SMILES string of the molecule is O=NN1CCC2CCCCC2C1=O. The van der Waals surface area contributed by atoms with Gasteiger partial charge >= 0.3 is 0 Å². The van der Waals surface area contributed by atoms with Gasteiger partial charge in [0.15, 0.2) is 0 Å². The number of nitroso groups, excluding NO2 is 1. The molecule has 1 saturated heterocycles. The van der Waals surface area contributed by atoms with Gasteiger partial charge in [-0.2, -0.15) is 5.01 Å². The molecule has 0 radical (unpaired) electrons. The first-order chi connectivity index (χ1) is 6.33. The second-order valence-corrected chi connectivity index (χ2v) is 3.98. The van der Waals surface area contributed by atoms with Crippen molar-refractivity contribution in [3.63, 3.8) is 0 Å². The molecule has 4 nitrogen and oxygen atoms in total. The molecular weight excluding hydrogens is 168 g/mol. The Morgan fingerprint density at radius 2 is 2.00 bits per heavy atom. The highest BCUT2D eigenvalue weighted by Crippen LogP contribution is 2.36. The molecule has 0 bridgehead atoms. The summed E-state index contributed by atoms with van der Waals surface area (Å²) in [5.41, 5.74) is 0. The Morgan fingerprint density at radius 3 is 2.77 bits per heavy atom. The zero-order valence-corrected chi connectivity index (χ0v) is 7.61. The summed E-state index contributed by atoms with van der Waals surface area (Å²) >= 11 is 0. The molecule has 1 amide bonds. The summed E-state index contributed by atoms with van der Waals surface area (Å²) in [7, 11) is 0. The standard InChI is InChI=1S/C9H14N2O2/c12-9-8-4-2-1-3-7(8)5-6-11(9)10-13/h7-8H,1-6H2. The van der Waals surface area contributed by atoms with Gasteiger partial charge in [-0.3, -0.25) is 4.79 Å². The van der Waals surface area contributed by atoms with Gasteiger partial charge in [-0.25, -0.2) is 0 Å². The molecule has 2 atom stereocenters. The van der Waals surface area contributed by atoms with Crippen molar-refractivity contribution in [2.75, 3.05) is 6.54 Å². The summed E-state index contributed by atoms with van der Waals surface area (Å²) in [6.07, 6.45) is 5.43. The molecule has 1 saturated carbocycles. The topological polar surface area (TPSA) is 49.7 Å². The lowest BCUT2D eigenvalue weighted by molar-refractivity contribution is -0.143. The number of hydrogen-bond donors (Lipinski definition) is 0. The summed E-state index contributed by atoms with van der Waals surface area (Å²) in [6, 6.07) is 0. The van der Waals surface area contributed by atoms with E-state index in [0.717, 1.165) is 30.7 Å². The van der Waals surface area contributed by atoms with E-state index in [1.807, 2.05) is 0 Å². The quantitative estimate of drug-likeness (QED) is 0.579. The Balaban J connectivity index is 2.09. The van der Waals surface area contributed by atoms with Crippen LogP contribution in [0.4, 0.5) is 0 Å². The molecule has 2 aliphatic rings. The maximum absolute atomic E-state index is 11.6. The van der Waals surface area contributed by atoms with Crippen LogP contribution in [-0.4, -0.2) is 17.5 Å². The van der Waals surface area contributed by atoms with E-state index >= 15 is 0 Å². The van der Waals surface area contributed by atoms with E-state index < -0.39 is 0 Å². The highest BCUT2D eigenvalue weighted by Gasteiger charge is 2.38. The first kappa shape index (κ1) is 8.66. The molecule has 1 aliphatic heterocycles. The third-order valence-corrected chi connectivity index (χ3v) is 3.29. The molecule has 0 aromatic heterocycles. The Hall–Kier alpha value is -0.930. The van der Waals surface area contributed by atoms with E-state index in [1.165, 1.54) is 6.42 Å². The fourth-order valence-electron chi connectivity index (χ4n) is 2.55. The van der Waals surface area contributed by atoms with E-state index in [9.17, 15) is 9.70 Å². The van der Waals surface area contributed by atoms with Crippen molar-refractivity contribution in [2.24, 2.45) is 17.1 Å². The average molecular weight is 182 g/mol. The summed E-state index contributed by atoms with van der Waals surface area (Å²) in [5, 5.41) is 3.86. The van der Waals surface area contributed by atoms with E-state index in [4.69, 9.17) is 0 Å². The Morgan fingerprint density at radius 1 is 1.23 bits per heavy atom. The number of hydrogen-bond acceptors (Lipinski definition) is 3. The smallest absolute Gasteiger partial charge is 0.248 e. The van der Waals surface area contributed by atoms with Crippen LogP contribution < -0.4 is 0 Å². The van der Waals surface area contributed by atoms with Crippen molar-refractivity contribution in [3.8, 4) is 0 Å². The number of carbonyl (C=O) groups excluding carboxylic acids is 1. The molecule has 1 aliphatic carbocycles. The minimum Gasteiger partial charge on any atom is -0.273 e. The molecule has 0 N–H and O–H groups in total. The van der Waals surface area contributed by atoms with Gasteiger partial charge in [0.1, 0.15) is 0 Å². The number of fused-ring (bicyclic) bond motifs is 1. The summed E-state index contributed by atoms with van der Waals surface area (Å²) < 4.78 is 0. The Labute approximate surface area is 77.2 Å². The lowest BCUT2D eigenvalue weighted by Crippen LogP contribution is -2.43. The first-order valence-corrected chi connectivity index (χ1v) is 4.97.